The molecule has 0 saturated carbocycles. The maximum absolute atomic E-state index is 11.9. The summed E-state index contributed by atoms with van der Waals surface area (Å²) in [5.41, 5.74) is 0.918. The third-order valence-electron chi connectivity index (χ3n) is 2.76. The number of carbonyl (C=O) groups excluding carboxylic acids is 2. The van der Waals surface area contributed by atoms with Crippen LogP contribution in [-0.4, -0.2) is 29.4 Å². The Bertz CT molecular complexity index is 442. The quantitative estimate of drug-likeness (QED) is 0.582. The third kappa shape index (κ3) is 4.58. The molecule has 0 radical (unpaired) electrons. The first kappa shape index (κ1) is 15.0. The van der Waals surface area contributed by atoms with Crippen LogP contribution in [0, 0.1) is 0 Å². The Kier molecular flexibility index (Phi) is 5.79. The lowest BCUT2D eigenvalue weighted by atomic mass is 10.2. The van der Waals surface area contributed by atoms with Crippen molar-refractivity contribution in [3.63, 3.8) is 0 Å². The molecule has 102 valence electrons. The first-order chi connectivity index (χ1) is 9.06. The smallest absolute Gasteiger partial charge is 0.328 e. The molecule has 4 heteroatoms. The Morgan fingerprint density at radius 2 is 2.00 bits per heavy atom. The van der Waals surface area contributed by atoms with Gasteiger partial charge < -0.3 is 9.64 Å². The highest BCUT2D eigenvalue weighted by Crippen LogP contribution is 2.06. The van der Waals surface area contributed by atoms with Crippen LogP contribution in [0.5, 0.6) is 0 Å². The molecule has 0 bridgehead atoms. The zero-order valence-corrected chi connectivity index (χ0v) is 11.3. The van der Waals surface area contributed by atoms with E-state index in [1.807, 2.05) is 30.3 Å². The van der Waals surface area contributed by atoms with Crippen molar-refractivity contribution in [2.75, 3.05) is 6.54 Å². The lowest BCUT2D eigenvalue weighted by Crippen LogP contribution is -2.42. The van der Waals surface area contributed by atoms with E-state index in [4.69, 9.17) is 4.74 Å². The van der Waals surface area contributed by atoms with Gasteiger partial charge >= 0.3 is 5.97 Å². The third-order valence-corrected chi connectivity index (χ3v) is 2.76. The molecule has 1 aromatic rings. The van der Waals surface area contributed by atoms with E-state index >= 15 is 0 Å². The minimum Gasteiger partial charge on any atom is -0.459 e. The minimum atomic E-state index is -0.612. The van der Waals surface area contributed by atoms with Crippen molar-refractivity contribution in [2.24, 2.45) is 0 Å². The Hall–Kier alpha value is -2.10. The number of hydrogen-bond acceptors (Lipinski definition) is 3. The maximum atomic E-state index is 11.9. The number of esters is 1. The van der Waals surface area contributed by atoms with Crippen molar-refractivity contribution in [3.05, 3.63) is 48.6 Å². The van der Waals surface area contributed by atoms with Gasteiger partial charge in [-0.15, -0.1) is 6.58 Å². The molecule has 0 fully saturated rings. The highest BCUT2D eigenvalue weighted by molar-refractivity contribution is 5.83. The molecule has 0 spiro atoms. The molecule has 1 rings (SSSR count). The summed E-state index contributed by atoms with van der Waals surface area (Å²) < 4.78 is 5.20. The molecule has 1 aromatic carbocycles. The van der Waals surface area contributed by atoms with Crippen molar-refractivity contribution in [1.82, 2.24) is 4.90 Å². The van der Waals surface area contributed by atoms with E-state index in [0.717, 1.165) is 5.56 Å². The van der Waals surface area contributed by atoms with E-state index < -0.39 is 12.0 Å². The second-order valence-electron chi connectivity index (χ2n) is 4.23. The van der Waals surface area contributed by atoms with Crippen LogP contribution in [-0.2, 0) is 20.9 Å². The highest BCUT2D eigenvalue weighted by atomic mass is 16.5. The average molecular weight is 261 g/mol. The number of hydrogen-bond donors (Lipinski definition) is 0. The molecular formula is C15H19NO3. The van der Waals surface area contributed by atoms with Crippen LogP contribution >= 0.6 is 0 Å². The summed E-state index contributed by atoms with van der Waals surface area (Å²) in [6, 6.07) is 8.81. The van der Waals surface area contributed by atoms with Gasteiger partial charge in [-0.2, -0.15) is 0 Å². The number of benzene rings is 1. The summed E-state index contributed by atoms with van der Waals surface area (Å²) in [5, 5.41) is 0. The fourth-order valence-corrected chi connectivity index (χ4v) is 1.67. The maximum Gasteiger partial charge on any atom is 0.328 e. The van der Waals surface area contributed by atoms with Crippen LogP contribution in [0.15, 0.2) is 43.0 Å². The zero-order chi connectivity index (χ0) is 14.3. The summed E-state index contributed by atoms with van der Waals surface area (Å²) in [6.07, 6.45) is 1.59. The number of amides is 1. The van der Waals surface area contributed by atoms with Crippen molar-refractivity contribution in [2.45, 2.75) is 26.5 Å². The van der Waals surface area contributed by atoms with E-state index in [0.29, 0.717) is 6.54 Å². The Balaban J connectivity index is 2.56. The van der Waals surface area contributed by atoms with Gasteiger partial charge in [0, 0.05) is 13.5 Å². The molecule has 0 aromatic heterocycles. The van der Waals surface area contributed by atoms with Gasteiger partial charge in [-0.3, -0.25) is 4.79 Å². The predicted octanol–water partition coefficient (Wildman–Crippen LogP) is 2.15. The zero-order valence-electron chi connectivity index (χ0n) is 11.3. The van der Waals surface area contributed by atoms with E-state index in [1.54, 1.807) is 13.0 Å². The molecule has 1 atom stereocenters. The van der Waals surface area contributed by atoms with Gasteiger partial charge in [0.15, 0.2) is 0 Å². The Morgan fingerprint density at radius 3 is 2.53 bits per heavy atom. The monoisotopic (exact) mass is 261 g/mol. The van der Waals surface area contributed by atoms with E-state index in [-0.39, 0.29) is 12.5 Å². The largest absolute Gasteiger partial charge is 0.459 e. The summed E-state index contributed by atoms with van der Waals surface area (Å²) in [4.78, 5) is 24.7. The van der Waals surface area contributed by atoms with Crippen LogP contribution in [0.2, 0.25) is 0 Å². The van der Waals surface area contributed by atoms with Gasteiger partial charge in [0.05, 0.1) is 0 Å². The molecule has 0 N–H and O–H groups in total. The SMILES string of the molecule is C=CCN(C(C)=O)C(C)C(=O)OCc1ccccc1. The first-order valence-corrected chi connectivity index (χ1v) is 6.15. The molecule has 0 aliphatic heterocycles. The van der Waals surface area contributed by atoms with Crippen molar-refractivity contribution in [3.8, 4) is 0 Å². The Labute approximate surface area is 113 Å². The van der Waals surface area contributed by atoms with E-state index in [2.05, 4.69) is 6.58 Å². The molecule has 0 saturated heterocycles. The van der Waals surface area contributed by atoms with Crippen LogP contribution in [0.1, 0.15) is 19.4 Å². The number of carbonyl (C=O) groups is 2. The average Bonchev–Trinajstić information content (AvgIpc) is 2.42. The minimum absolute atomic E-state index is 0.177. The molecule has 1 unspecified atom stereocenters. The van der Waals surface area contributed by atoms with Crippen molar-refractivity contribution < 1.29 is 14.3 Å². The molecule has 0 aliphatic rings. The van der Waals surface area contributed by atoms with Gasteiger partial charge in [0.25, 0.3) is 0 Å². The number of rotatable bonds is 6. The molecular weight excluding hydrogens is 242 g/mol. The van der Waals surface area contributed by atoms with E-state index in [1.165, 1.54) is 11.8 Å². The first-order valence-electron chi connectivity index (χ1n) is 6.15. The highest BCUT2D eigenvalue weighted by Gasteiger charge is 2.23. The van der Waals surface area contributed by atoms with Gasteiger partial charge in [-0.25, -0.2) is 4.79 Å². The summed E-state index contributed by atoms with van der Waals surface area (Å²) in [6.45, 7) is 7.19. The lowest BCUT2D eigenvalue weighted by molar-refractivity contribution is -0.154. The molecule has 0 heterocycles. The second kappa shape index (κ2) is 7.36. The van der Waals surface area contributed by atoms with E-state index in [9.17, 15) is 9.59 Å². The standard InChI is InChI=1S/C15H19NO3/c1-4-10-16(13(3)17)12(2)15(18)19-11-14-8-6-5-7-9-14/h4-9,12H,1,10-11H2,2-3H3. The Morgan fingerprint density at radius 1 is 1.37 bits per heavy atom. The van der Waals surface area contributed by atoms with Gasteiger partial charge in [0.1, 0.15) is 12.6 Å². The number of nitrogens with zero attached hydrogens (tertiary/aromatic N) is 1. The number of ether oxygens (including phenoxy) is 1. The fraction of sp³-hybridized carbons (Fsp3) is 0.333. The fourth-order valence-electron chi connectivity index (χ4n) is 1.67. The molecule has 19 heavy (non-hydrogen) atoms. The summed E-state index contributed by atoms with van der Waals surface area (Å²) >= 11 is 0. The van der Waals surface area contributed by atoms with Crippen LogP contribution in [0.25, 0.3) is 0 Å². The van der Waals surface area contributed by atoms with Crippen LogP contribution in [0.4, 0.5) is 0 Å². The van der Waals surface area contributed by atoms with Gasteiger partial charge in [-0.1, -0.05) is 36.4 Å². The topological polar surface area (TPSA) is 46.6 Å². The van der Waals surface area contributed by atoms with Crippen molar-refractivity contribution in [1.29, 1.82) is 0 Å². The van der Waals surface area contributed by atoms with Crippen molar-refractivity contribution >= 4 is 11.9 Å². The normalized spacial score (nSPS) is 11.5. The predicted molar refractivity (Wildman–Crippen MR) is 73.3 cm³/mol. The van der Waals surface area contributed by atoms with Gasteiger partial charge in [-0.05, 0) is 12.5 Å². The molecule has 1 amide bonds. The van der Waals surface area contributed by atoms with Gasteiger partial charge in [0.2, 0.25) is 5.91 Å². The summed E-state index contributed by atoms with van der Waals surface area (Å²) in [7, 11) is 0. The molecule has 4 nitrogen and oxygen atoms in total. The van der Waals surface area contributed by atoms with Crippen LogP contribution < -0.4 is 0 Å². The molecule has 0 aliphatic carbocycles. The lowest BCUT2D eigenvalue weighted by Gasteiger charge is -2.25. The van der Waals surface area contributed by atoms with Crippen LogP contribution in [0.3, 0.4) is 0 Å². The second-order valence-corrected chi connectivity index (χ2v) is 4.23. The summed E-state index contributed by atoms with van der Waals surface area (Å²) in [5.74, 6) is -0.593.